The summed E-state index contributed by atoms with van der Waals surface area (Å²) in [5.41, 5.74) is 1.11. The Balaban J connectivity index is 1.38. The lowest BCUT2D eigenvalue weighted by Gasteiger charge is -2.05. The first kappa shape index (κ1) is 17.7. The van der Waals surface area contributed by atoms with Crippen LogP contribution in [0.5, 0.6) is 0 Å². The summed E-state index contributed by atoms with van der Waals surface area (Å²) in [5.74, 6) is 0.257. The molecular formula is C20H16N2O3S2. The van der Waals surface area contributed by atoms with Crippen LogP contribution in [0.25, 0.3) is 11.3 Å². The first-order chi connectivity index (χ1) is 13.2. The third kappa shape index (κ3) is 4.00. The fourth-order valence-corrected chi connectivity index (χ4v) is 4.36. The molecule has 4 rings (SSSR count). The van der Waals surface area contributed by atoms with Gasteiger partial charge in [-0.2, -0.15) is 0 Å². The second-order valence-electron chi connectivity index (χ2n) is 5.85. The Hall–Kier alpha value is -2.74. The number of hydrogen-bond donors (Lipinski definition) is 2. The second kappa shape index (κ2) is 7.87. The summed E-state index contributed by atoms with van der Waals surface area (Å²) in [6.45, 7) is 0.369. The molecule has 1 atom stereocenters. The minimum atomic E-state index is -0.622. The molecule has 7 heteroatoms. The van der Waals surface area contributed by atoms with Gasteiger partial charge in [0.1, 0.15) is 6.10 Å². The van der Waals surface area contributed by atoms with E-state index in [1.165, 1.54) is 22.7 Å². The van der Waals surface area contributed by atoms with Gasteiger partial charge in [-0.25, -0.2) is 0 Å². The van der Waals surface area contributed by atoms with E-state index in [2.05, 4.69) is 10.5 Å². The van der Waals surface area contributed by atoms with E-state index >= 15 is 0 Å². The number of thiophene rings is 2. The summed E-state index contributed by atoms with van der Waals surface area (Å²) in [6.07, 6.45) is -0.622. The van der Waals surface area contributed by atoms with Crippen molar-refractivity contribution in [2.24, 2.45) is 0 Å². The van der Waals surface area contributed by atoms with E-state index in [4.69, 9.17) is 4.52 Å². The first-order valence-electron chi connectivity index (χ1n) is 8.31. The van der Waals surface area contributed by atoms with E-state index in [0.29, 0.717) is 12.3 Å². The van der Waals surface area contributed by atoms with Gasteiger partial charge in [-0.1, -0.05) is 41.6 Å². The number of aliphatic hydroxyl groups excluding tert-OH is 1. The number of nitrogens with one attached hydrogen (secondary N) is 1. The van der Waals surface area contributed by atoms with Crippen LogP contribution in [0.2, 0.25) is 0 Å². The van der Waals surface area contributed by atoms with Gasteiger partial charge in [0, 0.05) is 26.3 Å². The SMILES string of the molecule is O=C(NCc1ccc(C(O)c2cccs2)s1)c1cc(-c2ccccc2)on1. The fraction of sp³-hybridized carbons (Fsp3) is 0.100. The van der Waals surface area contributed by atoms with Crippen LogP contribution in [0.15, 0.2) is 70.6 Å². The molecule has 0 spiro atoms. The topological polar surface area (TPSA) is 75.4 Å². The van der Waals surface area contributed by atoms with Crippen molar-refractivity contribution < 1.29 is 14.4 Å². The molecule has 0 aliphatic rings. The Morgan fingerprint density at radius 2 is 1.96 bits per heavy atom. The van der Waals surface area contributed by atoms with Crippen molar-refractivity contribution in [1.82, 2.24) is 10.5 Å². The Morgan fingerprint density at radius 3 is 2.74 bits per heavy atom. The third-order valence-corrected chi connectivity index (χ3v) is 6.05. The van der Waals surface area contributed by atoms with Gasteiger partial charge in [0.2, 0.25) is 0 Å². The van der Waals surface area contributed by atoms with Gasteiger partial charge >= 0.3 is 0 Å². The predicted molar refractivity (Wildman–Crippen MR) is 106 cm³/mol. The summed E-state index contributed by atoms with van der Waals surface area (Å²) in [5, 5.41) is 19.0. The van der Waals surface area contributed by atoms with Gasteiger partial charge in [0.25, 0.3) is 5.91 Å². The minimum Gasteiger partial charge on any atom is -0.382 e. The molecule has 5 nitrogen and oxygen atoms in total. The lowest BCUT2D eigenvalue weighted by Crippen LogP contribution is -2.22. The van der Waals surface area contributed by atoms with Crippen LogP contribution in [-0.2, 0) is 6.54 Å². The summed E-state index contributed by atoms with van der Waals surface area (Å²) >= 11 is 3.00. The van der Waals surface area contributed by atoms with E-state index in [0.717, 1.165) is 20.2 Å². The standard InChI is InChI=1S/C20H16N2O3S2/c23-19(17-7-4-10-26-17)18-9-8-14(27-18)12-21-20(24)15-11-16(25-22-15)13-5-2-1-3-6-13/h1-11,19,23H,12H2,(H,21,24). The van der Waals surface area contributed by atoms with Crippen molar-refractivity contribution in [2.45, 2.75) is 12.6 Å². The number of hydrogen-bond acceptors (Lipinski definition) is 6. The van der Waals surface area contributed by atoms with Crippen molar-refractivity contribution in [1.29, 1.82) is 0 Å². The van der Waals surface area contributed by atoms with Gasteiger partial charge in [0.15, 0.2) is 11.5 Å². The average Bonchev–Trinajstić information content (AvgIpc) is 3.48. The molecule has 2 N–H and O–H groups in total. The largest absolute Gasteiger partial charge is 0.382 e. The molecule has 3 aromatic heterocycles. The smallest absolute Gasteiger partial charge is 0.273 e. The number of nitrogens with zero attached hydrogens (tertiary/aromatic N) is 1. The van der Waals surface area contributed by atoms with Crippen LogP contribution in [0.1, 0.15) is 31.2 Å². The molecule has 1 amide bonds. The molecule has 0 radical (unpaired) electrons. The van der Waals surface area contributed by atoms with E-state index in [1.807, 2.05) is 60.0 Å². The monoisotopic (exact) mass is 396 g/mol. The molecule has 0 saturated carbocycles. The summed E-state index contributed by atoms with van der Waals surface area (Å²) in [4.78, 5) is 15.0. The summed E-state index contributed by atoms with van der Waals surface area (Å²) in [6, 6.07) is 18.8. The lowest BCUT2D eigenvalue weighted by atomic mass is 10.1. The highest BCUT2D eigenvalue weighted by atomic mass is 32.1. The molecule has 3 heterocycles. The lowest BCUT2D eigenvalue weighted by molar-refractivity contribution is 0.0942. The minimum absolute atomic E-state index is 0.240. The maximum Gasteiger partial charge on any atom is 0.273 e. The van der Waals surface area contributed by atoms with Crippen LogP contribution in [0, 0.1) is 0 Å². The Kier molecular flexibility index (Phi) is 5.15. The van der Waals surface area contributed by atoms with Gasteiger partial charge < -0.3 is 14.9 Å². The Morgan fingerprint density at radius 1 is 1.11 bits per heavy atom. The second-order valence-corrected chi connectivity index (χ2v) is 8.03. The van der Waals surface area contributed by atoms with Crippen LogP contribution < -0.4 is 5.32 Å². The molecule has 1 unspecified atom stereocenters. The van der Waals surface area contributed by atoms with Crippen LogP contribution in [0.3, 0.4) is 0 Å². The van der Waals surface area contributed by atoms with E-state index in [9.17, 15) is 9.90 Å². The maximum atomic E-state index is 12.3. The van der Waals surface area contributed by atoms with Crippen molar-refractivity contribution in [2.75, 3.05) is 0 Å². The number of carbonyl (C=O) groups is 1. The normalized spacial score (nSPS) is 12.0. The van der Waals surface area contributed by atoms with Crippen molar-refractivity contribution in [3.8, 4) is 11.3 Å². The highest BCUT2D eigenvalue weighted by Gasteiger charge is 2.16. The number of carbonyl (C=O) groups excluding carboxylic acids is 1. The quantitative estimate of drug-likeness (QED) is 0.504. The highest BCUT2D eigenvalue weighted by Crippen LogP contribution is 2.30. The molecule has 4 aromatic rings. The Labute approximate surface area is 163 Å². The van der Waals surface area contributed by atoms with Gasteiger partial charge in [0.05, 0.1) is 6.54 Å². The van der Waals surface area contributed by atoms with Gasteiger partial charge in [-0.05, 0) is 23.6 Å². The summed E-state index contributed by atoms with van der Waals surface area (Å²) < 4.78 is 5.26. The van der Waals surface area contributed by atoms with E-state index in [-0.39, 0.29) is 11.6 Å². The molecule has 0 fully saturated rings. The molecule has 0 bridgehead atoms. The molecule has 0 saturated heterocycles. The zero-order valence-corrected chi connectivity index (χ0v) is 15.8. The number of aromatic nitrogens is 1. The van der Waals surface area contributed by atoms with Crippen LogP contribution in [-0.4, -0.2) is 16.2 Å². The molecule has 136 valence electrons. The number of benzene rings is 1. The number of aliphatic hydroxyl groups is 1. The average molecular weight is 396 g/mol. The summed E-state index contributed by atoms with van der Waals surface area (Å²) in [7, 11) is 0. The Bertz CT molecular complexity index is 1020. The first-order valence-corrected chi connectivity index (χ1v) is 10.0. The third-order valence-electron chi connectivity index (χ3n) is 3.99. The predicted octanol–water partition coefficient (Wildman–Crippen LogP) is 4.48. The van der Waals surface area contributed by atoms with Crippen molar-refractivity contribution in [3.63, 3.8) is 0 Å². The molecule has 0 aliphatic heterocycles. The maximum absolute atomic E-state index is 12.3. The van der Waals surface area contributed by atoms with E-state index < -0.39 is 6.10 Å². The molecule has 27 heavy (non-hydrogen) atoms. The zero-order valence-electron chi connectivity index (χ0n) is 14.2. The van der Waals surface area contributed by atoms with Crippen LogP contribution in [0.4, 0.5) is 0 Å². The molecule has 0 aliphatic carbocycles. The molecule has 1 aromatic carbocycles. The van der Waals surface area contributed by atoms with Gasteiger partial charge in [-0.3, -0.25) is 4.79 Å². The number of rotatable bonds is 6. The van der Waals surface area contributed by atoms with Crippen molar-refractivity contribution in [3.05, 3.63) is 86.4 Å². The van der Waals surface area contributed by atoms with Crippen LogP contribution >= 0.6 is 22.7 Å². The molecular weight excluding hydrogens is 380 g/mol. The zero-order chi connectivity index (χ0) is 18.6. The van der Waals surface area contributed by atoms with E-state index in [1.54, 1.807) is 6.07 Å². The highest BCUT2D eigenvalue weighted by molar-refractivity contribution is 7.12. The number of amides is 1. The fourth-order valence-electron chi connectivity index (χ4n) is 2.60. The van der Waals surface area contributed by atoms with Crippen molar-refractivity contribution >= 4 is 28.6 Å². The van der Waals surface area contributed by atoms with Gasteiger partial charge in [-0.15, -0.1) is 22.7 Å².